The van der Waals surface area contributed by atoms with Crippen LogP contribution in [-0.4, -0.2) is 47.9 Å². The normalized spacial score (nSPS) is 11.0. The Bertz CT molecular complexity index is 701. The Morgan fingerprint density at radius 3 is 2.95 bits per heavy atom. The van der Waals surface area contributed by atoms with Crippen LogP contribution in [0.25, 0.3) is 10.9 Å². The molecule has 0 atom stereocenters. The third kappa shape index (κ3) is 3.46. The molecule has 0 N–H and O–H groups in total. The second-order valence-electron chi connectivity index (χ2n) is 4.46. The molecule has 0 fully saturated rings. The summed E-state index contributed by atoms with van der Waals surface area (Å²) in [6, 6.07) is 3.40. The van der Waals surface area contributed by atoms with E-state index in [0.717, 1.165) is 0 Å². The average molecular weight is 307 g/mol. The number of fused-ring (bicyclic) bond motifs is 1. The van der Waals surface area contributed by atoms with Crippen LogP contribution in [0.4, 0.5) is 5.82 Å². The number of aliphatic imine (C=N–C) groups is 1. The van der Waals surface area contributed by atoms with Gasteiger partial charge in [-0.3, -0.25) is 0 Å². The van der Waals surface area contributed by atoms with Gasteiger partial charge in [-0.15, -0.1) is 0 Å². The van der Waals surface area contributed by atoms with E-state index in [1.807, 2.05) is 14.1 Å². The molecule has 0 aliphatic heterocycles. The van der Waals surface area contributed by atoms with E-state index in [2.05, 4.69) is 15.0 Å². The van der Waals surface area contributed by atoms with Crippen molar-refractivity contribution >= 4 is 40.6 Å². The van der Waals surface area contributed by atoms with E-state index in [4.69, 9.17) is 16.3 Å². The Morgan fingerprint density at radius 2 is 2.29 bits per heavy atom. The summed E-state index contributed by atoms with van der Waals surface area (Å²) in [5, 5.41) is 0.978. The van der Waals surface area contributed by atoms with Crippen molar-refractivity contribution in [2.75, 3.05) is 20.7 Å². The molecule has 2 aromatic rings. The number of esters is 1. The molecule has 6 nitrogen and oxygen atoms in total. The molecule has 0 aliphatic rings. The first-order chi connectivity index (χ1) is 10.0. The number of rotatable bonds is 4. The van der Waals surface area contributed by atoms with Gasteiger partial charge in [-0.1, -0.05) is 11.6 Å². The molecule has 0 amide bonds. The van der Waals surface area contributed by atoms with Crippen molar-refractivity contribution < 1.29 is 9.53 Å². The van der Waals surface area contributed by atoms with Gasteiger partial charge in [-0.25, -0.2) is 19.8 Å². The summed E-state index contributed by atoms with van der Waals surface area (Å²) in [6.45, 7) is 2.03. The number of halogens is 1. The van der Waals surface area contributed by atoms with Crippen LogP contribution in [0.2, 0.25) is 5.15 Å². The van der Waals surface area contributed by atoms with E-state index in [1.54, 1.807) is 36.5 Å². The van der Waals surface area contributed by atoms with Crippen molar-refractivity contribution in [1.29, 1.82) is 0 Å². The second-order valence-corrected chi connectivity index (χ2v) is 4.82. The fourth-order valence-electron chi connectivity index (χ4n) is 1.68. The molecule has 0 unspecified atom stereocenters. The lowest BCUT2D eigenvalue weighted by molar-refractivity contribution is 0.0527. The van der Waals surface area contributed by atoms with Gasteiger partial charge in [0.05, 0.1) is 12.9 Å². The van der Waals surface area contributed by atoms with Crippen molar-refractivity contribution in [3.05, 3.63) is 29.0 Å². The van der Waals surface area contributed by atoms with Crippen molar-refractivity contribution in [2.24, 2.45) is 4.99 Å². The molecule has 21 heavy (non-hydrogen) atoms. The van der Waals surface area contributed by atoms with Gasteiger partial charge in [0, 0.05) is 25.7 Å². The van der Waals surface area contributed by atoms with Crippen LogP contribution in [0.3, 0.4) is 0 Å². The molecule has 0 saturated heterocycles. The van der Waals surface area contributed by atoms with Crippen LogP contribution in [0.5, 0.6) is 0 Å². The van der Waals surface area contributed by atoms with E-state index in [-0.39, 0.29) is 17.6 Å². The van der Waals surface area contributed by atoms with Crippen LogP contribution >= 0.6 is 11.6 Å². The van der Waals surface area contributed by atoms with Crippen LogP contribution in [0.1, 0.15) is 17.3 Å². The molecule has 0 aliphatic carbocycles. The lowest BCUT2D eigenvalue weighted by atomic mass is 10.2. The van der Waals surface area contributed by atoms with E-state index in [1.165, 1.54) is 0 Å². The number of hydrogen-bond donors (Lipinski definition) is 0. The van der Waals surface area contributed by atoms with Gasteiger partial charge in [0.15, 0.2) is 11.0 Å². The van der Waals surface area contributed by atoms with E-state index >= 15 is 0 Å². The summed E-state index contributed by atoms with van der Waals surface area (Å²) in [5.41, 5.74) is 0.794. The molecule has 0 spiro atoms. The summed E-state index contributed by atoms with van der Waals surface area (Å²) in [5.74, 6) is -0.213. The molecule has 0 saturated carbocycles. The minimum absolute atomic E-state index is 0.254. The Balaban J connectivity index is 2.62. The SMILES string of the molecule is CCOC(=O)c1cc2ccnc(Cl)c2nc1N=CN(C)C. The van der Waals surface area contributed by atoms with Crippen LogP contribution in [0.15, 0.2) is 23.3 Å². The molecule has 0 bridgehead atoms. The maximum Gasteiger partial charge on any atom is 0.342 e. The summed E-state index contributed by atoms with van der Waals surface area (Å²) in [6.07, 6.45) is 3.12. The topological polar surface area (TPSA) is 67.7 Å². The number of hydrogen-bond acceptors (Lipinski definition) is 5. The van der Waals surface area contributed by atoms with E-state index in [0.29, 0.717) is 16.5 Å². The predicted octanol–water partition coefficient (Wildman–Crippen LogP) is 2.68. The first kappa shape index (κ1) is 15.2. The quantitative estimate of drug-likeness (QED) is 0.376. The minimum Gasteiger partial charge on any atom is -0.462 e. The largest absolute Gasteiger partial charge is 0.462 e. The van der Waals surface area contributed by atoms with Gasteiger partial charge in [-0.05, 0) is 19.1 Å². The molecule has 0 radical (unpaired) electrons. The maximum atomic E-state index is 12.0. The molecular formula is C14H15ClN4O2. The number of carbonyl (C=O) groups excluding carboxylic acids is 1. The van der Waals surface area contributed by atoms with Crippen LogP contribution in [-0.2, 0) is 4.74 Å². The highest BCUT2D eigenvalue weighted by molar-refractivity contribution is 6.33. The smallest absolute Gasteiger partial charge is 0.342 e. The highest BCUT2D eigenvalue weighted by atomic mass is 35.5. The third-order valence-corrected chi connectivity index (χ3v) is 2.85. The zero-order chi connectivity index (χ0) is 15.4. The minimum atomic E-state index is -0.467. The van der Waals surface area contributed by atoms with E-state index in [9.17, 15) is 4.79 Å². The Kier molecular flexibility index (Phi) is 4.70. The maximum absolute atomic E-state index is 12.0. The van der Waals surface area contributed by atoms with E-state index < -0.39 is 5.97 Å². The lowest BCUT2D eigenvalue weighted by Gasteiger charge is -2.08. The molecule has 7 heteroatoms. The fraction of sp³-hybridized carbons (Fsp3) is 0.286. The Labute approximate surface area is 127 Å². The molecule has 2 heterocycles. The Hall–Kier alpha value is -2.21. The highest BCUT2D eigenvalue weighted by Gasteiger charge is 2.16. The van der Waals surface area contributed by atoms with Gasteiger partial charge < -0.3 is 9.64 Å². The Morgan fingerprint density at radius 1 is 1.52 bits per heavy atom. The first-order valence-corrected chi connectivity index (χ1v) is 6.73. The van der Waals surface area contributed by atoms with Gasteiger partial charge in [0.1, 0.15) is 11.1 Å². The highest BCUT2D eigenvalue weighted by Crippen LogP contribution is 2.26. The number of ether oxygens (including phenoxy) is 1. The number of carbonyl (C=O) groups is 1. The first-order valence-electron chi connectivity index (χ1n) is 6.36. The van der Waals surface area contributed by atoms with Gasteiger partial charge in [-0.2, -0.15) is 0 Å². The predicted molar refractivity (Wildman–Crippen MR) is 82.3 cm³/mol. The monoisotopic (exact) mass is 306 g/mol. The van der Waals surface area contributed by atoms with Crippen LogP contribution in [0, 0.1) is 0 Å². The van der Waals surface area contributed by atoms with Crippen LogP contribution < -0.4 is 0 Å². The molecule has 0 aromatic carbocycles. The van der Waals surface area contributed by atoms with Crippen molar-refractivity contribution in [3.8, 4) is 0 Å². The van der Waals surface area contributed by atoms with Crippen molar-refractivity contribution in [2.45, 2.75) is 6.92 Å². The fourth-order valence-corrected chi connectivity index (χ4v) is 1.89. The summed E-state index contributed by atoms with van der Waals surface area (Å²) >= 11 is 6.03. The number of aromatic nitrogens is 2. The molecular weight excluding hydrogens is 292 g/mol. The standard InChI is InChI=1S/C14H15ClN4O2/c1-4-21-14(20)10-7-9-5-6-16-12(15)11(9)18-13(10)17-8-19(2)3/h5-8H,4H2,1-3H3. The molecule has 2 rings (SSSR count). The zero-order valence-electron chi connectivity index (χ0n) is 12.0. The summed E-state index contributed by atoms with van der Waals surface area (Å²) in [7, 11) is 3.65. The molecule has 2 aromatic heterocycles. The van der Waals surface area contributed by atoms with Crippen molar-refractivity contribution in [1.82, 2.24) is 14.9 Å². The zero-order valence-corrected chi connectivity index (χ0v) is 12.8. The third-order valence-electron chi connectivity index (χ3n) is 2.58. The summed E-state index contributed by atoms with van der Waals surface area (Å²) < 4.78 is 5.04. The number of nitrogens with zero attached hydrogens (tertiary/aromatic N) is 4. The van der Waals surface area contributed by atoms with Gasteiger partial charge >= 0.3 is 5.97 Å². The average Bonchev–Trinajstić information content (AvgIpc) is 2.45. The van der Waals surface area contributed by atoms with Gasteiger partial charge in [0.2, 0.25) is 0 Å². The summed E-state index contributed by atoms with van der Waals surface area (Å²) in [4.78, 5) is 26.3. The molecule has 110 valence electrons. The van der Waals surface area contributed by atoms with Gasteiger partial charge in [0.25, 0.3) is 0 Å². The number of pyridine rings is 2. The van der Waals surface area contributed by atoms with Crippen molar-refractivity contribution in [3.63, 3.8) is 0 Å². The lowest BCUT2D eigenvalue weighted by Crippen LogP contribution is -2.09. The second kappa shape index (κ2) is 6.49.